The van der Waals surface area contributed by atoms with Crippen molar-refractivity contribution in [2.24, 2.45) is 0 Å². The minimum Gasteiger partial charge on any atom is -0.481 e. The molecule has 0 saturated heterocycles. The van der Waals surface area contributed by atoms with E-state index in [1.54, 1.807) is 56.3 Å². The number of carbonyl (C=O) groups is 2. The molecule has 39 heavy (non-hydrogen) atoms. The Hall–Kier alpha value is -3.95. The van der Waals surface area contributed by atoms with Crippen molar-refractivity contribution in [2.45, 2.75) is 43.4 Å². The number of ether oxygens (including phenoxy) is 1. The Balaban J connectivity index is 1.45. The third-order valence-corrected chi connectivity index (χ3v) is 8.22. The normalized spacial score (nSPS) is 12.2. The molecule has 0 aliphatic rings. The minimum absolute atomic E-state index is 0.0620. The van der Waals surface area contributed by atoms with E-state index in [1.807, 2.05) is 6.07 Å². The molecule has 1 N–H and O–H groups in total. The zero-order chi connectivity index (χ0) is 28.2. The van der Waals surface area contributed by atoms with E-state index in [0.29, 0.717) is 44.3 Å². The van der Waals surface area contributed by atoms with Crippen molar-refractivity contribution in [1.29, 1.82) is 0 Å². The minimum atomic E-state index is -3.65. The topological polar surface area (TPSA) is 124 Å². The number of rotatable bonds is 10. The third kappa shape index (κ3) is 6.93. The number of sulfone groups is 1. The second-order valence-electron chi connectivity index (χ2n) is 9.08. The van der Waals surface area contributed by atoms with E-state index in [1.165, 1.54) is 24.3 Å². The predicted molar refractivity (Wildman–Crippen MR) is 145 cm³/mol. The molecule has 202 valence electrons. The Bertz CT molecular complexity index is 1590. The van der Waals surface area contributed by atoms with Crippen molar-refractivity contribution in [3.05, 3.63) is 106 Å². The van der Waals surface area contributed by atoms with Crippen LogP contribution in [0, 0.1) is 6.92 Å². The Kier molecular flexibility index (Phi) is 8.52. The Morgan fingerprint density at radius 1 is 0.974 bits per heavy atom. The van der Waals surface area contributed by atoms with E-state index in [4.69, 9.17) is 26.0 Å². The molecule has 0 bridgehead atoms. The summed E-state index contributed by atoms with van der Waals surface area (Å²) in [7, 11) is -3.65. The van der Waals surface area contributed by atoms with E-state index in [-0.39, 0.29) is 23.5 Å². The molecule has 0 spiro atoms. The molecule has 0 radical (unpaired) electrons. The lowest BCUT2D eigenvalue weighted by molar-refractivity contribution is -0.147. The molecule has 1 unspecified atom stereocenters. The van der Waals surface area contributed by atoms with Crippen LogP contribution in [0.1, 0.15) is 41.0 Å². The van der Waals surface area contributed by atoms with Gasteiger partial charge < -0.3 is 14.4 Å². The van der Waals surface area contributed by atoms with Gasteiger partial charge in [0, 0.05) is 21.7 Å². The molecule has 0 fully saturated rings. The molecule has 10 heteroatoms. The van der Waals surface area contributed by atoms with Crippen LogP contribution in [0.2, 0.25) is 5.02 Å². The highest BCUT2D eigenvalue weighted by Crippen LogP contribution is 2.30. The number of aromatic nitrogens is 1. The summed E-state index contributed by atoms with van der Waals surface area (Å²) < 4.78 is 36.8. The fraction of sp³-hybridized carbons (Fsp3) is 0.207. The number of benzene rings is 3. The third-order valence-electron chi connectivity index (χ3n) is 6.17. The van der Waals surface area contributed by atoms with Crippen molar-refractivity contribution in [3.63, 3.8) is 0 Å². The average molecular weight is 568 g/mol. The number of esters is 1. The fourth-order valence-electron chi connectivity index (χ4n) is 4.12. The number of halogens is 1. The maximum Gasteiger partial charge on any atom is 0.311 e. The van der Waals surface area contributed by atoms with Crippen LogP contribution >= 0.6 is 11.6 Å². The van der Waals surface area contributed by atoms with E-state index >= 15 is 0 Å². The van der Waals surface area contributed by atoms with Crippen LogP contribution in [0.4, 0.5) is 0 Å². The van der Waals surface area contributed by atoms with Crippen LogP contribution < -0.4 is 0 Å². The van der Waals surface area contributed by atoms with Crippen LogP contribution in [-0.2, 0) is 42.8 Å². The first-order valence-electron chi connectivity index (χ1n) is 12.1. The number of hydrogen-bond acceptors (Lipinski definition) is 7. The number of nitrogens with zero attached hydrogens (tertiary/aromatic N) is 1. The summed E-state index contributed by atoms with van der Waals surface area (Å²) in [6, 6.07) is 19.7. The van der Waals surface area contributed by atoms with Gasteiger partial charge in [0.05, 0.1) is 29.2 Å². The molecule has 4 aromatic rings. The highest BCUT2D eigenvalue weighted by Gasteiger charge is 2.22. The largest absolute Gasteiger partial charge is 0.481 e. The molecule has 1 aromatic heterocycles. The lowest BCUT2D eigenvalue weighted by Crippen LogP contribution is -2.12. The summed E-state index contributed by atoms with van der Waals surface area (Å²) in [5.41, 5.74) is 3.54. The lowest BCUT2D eigenvalue weighted by atomic mass is 10.0. The van der Waals surface area contributed by atoms with Gasteiger partial charge in [0.25, 0.3) is 0 Å². The monoisotopic (exact) mass is 567 g/mol. The van der Waals surface area contributed by atoms with Crippen LogP contribution in [-0.4, -0.2) is 30.6 Å². The summed E-state index contributed by atoms with van der Waals surface area (Å²) in [4.78, 5) is 23.7. The van der Waals surface area contributed by atoms with Gasteiger partial charge in [0.1, 0.15) is 6.10 Å². The summed E-state index contributed by atoms with van der Waals surface area (Å²) in [5, 5.41) is 13.4. The van der Waals surface area contributed by atoms with Crippen LogP contribution in [0.3, 0.4) is 0 Å². The SMILES string of the molecule is Cc1noc(-c2ccc(CS(=O)(=O)c3ccc(CC(=O)O)cc3)cc2)c1CC(=O)OC(C)c1ccccc1Cl. The second kappa shape index (κ2) is 11.8. The van der Waals surface area contributed by atoms with Crippen molar-refractivity contribution in [1.82, 2.24) is 5.16 Å². The van der Waals surface area contributed by atoms with Crippen molar-refractivity contribution in [2.75, 3.05) is 0 Å². The highest BCUT2D eigenvalue weighted by molar-refractivity contribution is 7.90. The van der Waals surface area contributed by atoms with E-state index in [2.05, 4.69) is 5.16 Å². The maximum atomic E-state index is 12.9. The molecule has 0 aliphatic heterocycles. The summed E-state index contributed by atoms with van der Waals surface area (Å²) >= 11 is 6.21. The van der Waals surface area contributed by atoms with Gasteiger partial charge in [0.15, 0.2) is 15.6 Å². The first kappa shape index (κ1) is 28.1. The molecule has 3 aromatic carbocycles. The van der Waals surface area contributed by atoms with Crippen molar-refractivity contribution >= 4 is 33.4 Å². The van der Waals surface area contributed by atoms with Gasteiger partial charge in [0.2, 0.25) is 0 Å². The fourth-order valence-corrected chi connectivity index (χ4v) is 5.76. The van der Waals surface area contributed by atoms with Crippen LogP contribution in [0.5, 0.6) is 0 Å². The molecular weight excluding hydrogens is 542 g/mol. The number of hydrogen-bond donors (Lipinski definition) is 1. The quantitative estimate of drug-likeness (QED) is 0.240. The molecule has 0 saturated carbocycles. The van der Waals surface area contributed by atoms with Crippen LogP contribution in [0.15, 0.2) is 82.2 Å². The molecular formula is C29H26ClNO7S. The van der Waals surface area contributed by atoms with Gasteiger partial charge in [-0.15, -0.1) is 0 Å². The zero-order valence-electron chi connectivity index (χ0n) is 21.3. The maximum absolute atomic E-state index is 12.9. The smallest absolute Gasteiger partial charge is 0.311 e. The number of aliphatic carboxylic acids is 1. The van der Waals surface area contributed by atoms with E-state index < -0.39 is 27.9 Å². The van der Waals surface area contributed by atoms with Gasteiger partial charge in [-0.3, -0.25) is 9.59 Å². The summed E-state index contributed by atoms with van der Waals surface area (Å²) in [6.07, 6.45) is -0.777. The molecule has 1 atom stereocenters. The van der Waals surface area contributed by atoms with Crippen LogP contribution in [0.25, 0.3) is 11.3 Å². The molecule has 0 amide bonds. The van der Waals surface area contributed by atoms with Gasteiger partial charge in [-0.1, -0.05) is 71.4 Å². The first-order valence-corrected chi connectivity index (χ1v) is 14.1. The average Bonchev–Trinajstić information content (AvgIpc) is 3.24. The number of carboxylic acid groups (broad SMARTS) is 1. The summed E-state index contributed by atoms with van der Waals surface area (Å²) in [5.74, 6) is -1.29. The van der Waals surface area contributed by atoms with E-state index in [9.17, 15) is 18.0 Å². The zero-order valence-corrected chi connectivity index (χ0v) is 22.8. The van der Waals surface area contributed by atoms with Gasteiger partial charge in [-0.2, -0.15) is 0 Å². The second-order valence-corrected chi connectivity index (χ2v) is 11.5. The Morgan fingerprint density at radius 2 is 1.62 bits per heavy atom. The number of carboxylic acids is 1. The van der Waals surface area contributed by atoms with Gasteiger partial charge in [-0.05, 0) is 43.2 Å². The summed E-state index contributed by atoms with van der Waals surface area (Å²) in [6.45, 7) is 3.48. The lowest BCUT2D eigenvalue weighted by Gasteiger charge is -2.15. The Morgan fingerprint density at radius 3 is 2.26 bits per heavy atom. The number of carbonyl (C=O) groups excluding carboxylic acids is 1. The van der Waals surface area contributed by atoms with E-state index in [0.717, 1.165) is 0 Å². The molecule has 4 rings (SSSR count). The first-order chi connectivity index (χ1) is 18.5. The van der Waals surface area contributed by atoms with Crippen molar-refractivity contribution < 1.29 is 32.4 Å². The van der Waals surface area contributed by atoms with Gasteiger partial charge in [-0.25, -0.2) is 8.42 Å². The Labute approximate surface area is 231 Å². The molecule has 1 heterocycles. The predicted octanol–water partition coefficient (Wildman–Crippen LogP) is 5.75. The highest BCUT2D eigenvalue weighted by atomic mass is 35.5. The number of aryl methyl sites for hydroxylation is 1. The molecule has 8 nitrogen and oxygen atoms in total. The van der Waals surface area contributed by atoms with Crippen molar-refractivity contribution in [3.8, 4) is 11.3 Å². The standard InChI is InChI=1S/C29H26ClNO7S/c1-18-25(16-28(34)37-19(2)24-5-3-4-6-26(24)30)29(38-31-18)22-11-7-21(8-12-22)17-39(35,36)23-13-9-20(10-14-23)15-27(32)33/h3-14,19H,15-17H2,1-2H3,(H,32,33). The van der Waals surface area contributed by atoms with Gasteiger partial charge >= 0.3 is 11.9 Å². The molecule has 0 aliphatic carbocycles.